The third kappa shape index (κ3) is 5.45. The average molecular weight is 461 g/mol. The Labute approximate surface area is 170 Å². The van der Waals surface area contributed by atoms with Crippen molar-refractivity contribution in [3.63, 3.8) is 0 Å². The predicted octanol–water partition coefficient (Wildman–Crippen LogP) is 7.07. The molecule has 0 aromatic heterocycles. The molecule has 0 saturated heterocycles. The second-order valence-corrected chi connectivity index (χ2v) is 10.9. The standard InChI is InChI=1S/C20H16F5NO2S2/c21-30(22,23,24,25)19-11-12-20(26-14-16-7-3-1-4-8-16)17(13-19)15-29(27,28)18-9-5-2-6-10-18/h1-14H,15H2. The minimum atomic E-state index is -10.00. The molecule has 3 aromatic rings. The molecule has 0 heterocycles. The summed E-state index contributed by atoms with van der Waals surface area (Å²) in [7, 11) is -14.1. The van der Waals surface area contributed by atoms with E-state index in [2.05, 4.69) is 4.99 Å². The van der Waals surface area contributed by atoms with E-state index in [1.807, 2.05) is 0 Å². The molecule has 10 heteroatoms. The third-order valence-corrected chi connectivity index (χ3v) is 6.92. The van der Waals surface area contributed by atoms with Crippen molar-refractivity contribution in [1.82, 2.24) is 0 Å². The molecule has 0 amide bonds. The summed E-state index contributed by atoms with van der Waals surface area (Å²) in [5.74, 6) is -0.917. The summed E-state index contributed by atoms with van der Waals surface area (Å²) in [6.07, 6.45) is 1.31. The van der Waals surface area contributed by atoms with Gasteiger partial charge >= 0.3 is 10.2 Å². The van der Waals surface area contributed by atoms with Crippen LogP contribution in [0.3, 0.4) is 0 Å². The quantitative estimate of drug-likeness (QED) is 0.291. The third-order valence-electron chi connectivity index (χ3n) is 4.10. The van der Waals surface area contributed by atoms with E-state index >= 15 is 0 Å². The van der Waals surface area contributed by atoms with E-state index in [1.165, 1.54) is 30.5 Å². The molecule has 0 bridgehead atoms. The van der Waals surface area contributed by atoms with Gasteiger partial charge in [-0.1, -0.05) is 68.0 Å². The summed E-state index contributed by atoms with van der Waals surface area (Å²) < 4.78 is 91.7. The average Bonchev–Trinajstić information content (AvgIpc) is 2.66. The lowest BCUT2D eigenvalue weighted by atomic mass is 10.2. The fraction of sp³-hybridized carbons (Fsp3) is 0.0500. The summed E-state index contributed by atoms with van der Waals surface area (Å²) in [6.45, 7) is 0. The van der Waals surface area contributed by atoms with Crippen LogP contribution in [0.4, 0.5) is 25.1 Å². The molecule has 3 nitrogen and oxygen atoms in total. The van der Waals surface area contributed by atoms with Crippen LogP contribution in [0.5, 0.6) is 0 Å². The lowest BCUT2D eigenvalue weighted by Gasteiger charge is -2.40. The summed E-state index contributed by atoms with van der Waals surface area (Å²) >= 11 is 0. The topological polar surface area (TPSA) is 46.5 Å². The van der Waals surface area contributed by atoms with Gasteiger partial charge in [0.05, 0.1) is 16.3 Å². The van der Waals surface area contributed by atoms with Crippen LogP contribution in [-0.2, 0) is 15.6 Å². The van der Waals surface area contributed by atoms with Gasteiger partial charge in [0.2, 0.25) is 0 Å². The summed E-state index contributed by atoms with van der Waals surface area (Å²) in [5.41, 5.74) is -0.0214. The Kier molecular flexibility index (Phi) is 5.07. The van der Waals surface area contributed by atoms with Crippen LogP contribution in [0.15, 0.2) is 93.6 Å². The Morgan fingerprint density at radius 2 is 1.37 bits per heavy atom. The van der Waals surface area contributed by atoms with E-state index in [0.29, 0.717) is 5.56 Å². The molecule has 0 fully saturated rings. The van der Waals surface area contributed by atoms with Crippen molar-refractivity contribution in [2.45, 2.75) is 15.5 Å². The van der Waals surface area contributed by atoms with Gasteiger partial charge in [-0.25, -0.2) is 8.42 Å². The molecule has 3 rings (SSSR count). The number of hydrogen-bond acceptors (Lipinski definition) is 3. The van der Waals surface area contributed by atoms with Crippen LogP contribution < -0.4 is 0 Å². The van der Waals surface area contributed by atoms with Crippen molar-refractivity contribution < 1.29 is 27.8 Å². The Bertz CT molecular complexity index is 1200. The number of aliphatic imine (C=N–C) groups is 1. The number of rotatable bonds is 6. The summed E-state index contributed by atoms with van der Waals surface area (Å²) in [5, 5.41) is 0. The molecule has 0 aliphatic heterocycles. The molecule has 0 saturated carbocycles. The maximum Gasteiger partial charge on any atom is 0.310 e. The zero-order valence-electron chi connectivity index (χ0n) is 15.3. The van der Waals surface area contributed by atoms with Gasteiger partial charge in [0, 0.05) is 6.21 Å². The fourth-order valence-electron chi connectivity index (χ4n) is 2.64. The normalized spacial score (nSPS) is 15.0. The first-order valence-corrected chi connectivity index (χ1v) is 12.1. The Balaban J connectivity index is 2.10. The molecular weight excluding hydrogens is 445 g/mol. The molecule has 0 aliphatic rings. The van der Waals surface area contributed by atoms with Gasteiger partial charge in [-0.05, 0) is 41.5 Å². The van der Waals surface area contributed by atoms with Crippen LogP contribution in [0.1, 0.15) is 11.1 Å². The van der Waals surface area contributed by atoms with Crippen molar-refractivity contribution in [2.75, 3.05) is 0 Å². The van der Waals surface area contributed by atoms with Crippen LogP contribution in [0, 0.1) is 0 Å². The van der Waals surface area contributed by atoms with E-state index in [0.717, 1.165) is 6.07 Å². The maximum atomic E-state index is 13.3. The number of nitrogens with zero attached hydrogens (tertiary/aromatic N) is 1. The largest absolute Gasteiger partial charge is 0.310 e. The van der Waals surface area contributed by atoms with E-state index in [9.17, 15) is 27.8 Å². The Morgan fingerprint density at radius 3 is 1.93 bits per heavy atom. The highest BCUT2D eigenvalue weighted by molar-refractivity contribution is 8.45. The van der Waals surface area contributed by atoms with Gasteiger partial charge in [0.1, 0.15) is 4.90 Å². The molecule has 0 atom stereocenters. The maximum absolute atomic E-state index is 13.3. The molecule has 3 aromatic carbocycles. The van der Waals surface area contributed by atoms with E-state index in [4.69, 9.17) is 0 Å². The zero-order valence-corrected chi connectivity index (χ0v) is 16.9. The highest BCUT2D eigenvalue weighted by Gasteiger charge is 2.65. The van der Waals surface area contributed by atoms with Crippen LogP contribution in [0.25, 0.3) is 0 Å². The lowest BCUT2D eigenvalue weighted by Crippen LogP contribution is -2.09. The predicted molar refractivity (Wildman–Crippen MR) is 109 cm³/mol. The van der Waals surface area contributed by atoms with Crippen molar-refractivity contribution in [2.24, 2.45) is 4.99 Å². The minimum absolute atomic E-state index is 0.138. The highest BCUT2D eigenvalue weighted by Crippen LogP contribution is 3.02. The number of hydrogen-bond donors (Lipinski definition) is 0. The van der Waals surface area contributed by atoms with Gasteiger partial charge < -0.3 is 0 Å². The number of halogens is 5. The smallest absolute Gasteiger partial charge is 0.256 e. The highest BCUT2D eigenvalue weighted by atomic mass is 32.5. The van der Waals surface area contributed by atoms with E-state index in [-0.39, 0.29) is 22.7 Å². The molecular formula is C20H16F5NO2S2. The van der Waals surface area contributed by atoms with Gasteiger partial charge in [0.25, 0.3) is 0 Å². The molecule has 0 spiro atoms. The van der Waals surface area contributed by atoms with Gasteiger partial charge in [-0.2, -0.15) is 0 Å². The van der Waals surface area contributed by atoms with Gasteiger partial charge in [0.15, 0.2) is 9.84 Å². The SMILES string of the molecule is O=S(=O)(Cc1cc(S(F)(F)(F)(F)F)ccc1N=Cc1ccccc1)c1ccccc1. The molecule has 0 radical (unpaired) electrons. The minimum Gasteiger partial charge on any atom is -0.256 e. The van der Waals surface area contributed by atoms with Crippen molar-refractivity contribution in [3.05, 3.63) is 90.0 Å². The first-order valence-electron chi connectivity index (χ1n) is 8.49. The summed E-state index contributed by atoms with van der Waals surface area (Å²) in [4.78, 5) is 1.74. The fourth-order valence-corrected chi connectivity index (χ4v) is 4.71. The monoisotopic (exact) mass is 461 g/mol. The van der Waals surface area contributed by atoms with Crippen molar-refractivity contribution >= 4 is 32.0 Å². The molecule has 0 unspecified atom stereocenters. The van der Waals surface area contributed by atoms with Crippen molar-refractivity contribution in [1.29, 1.82) is 0 Å². The first kappa shape index (κ1) is 22.0. The number of benzene rings is 3. The molecule has 30 heavy (non-hydrogen) atoms. The zero-order chi connectivity index (χ0) is 22.1. The second-order valence-electron chi connectivity index (χ2n) is 6.50. The second kappa shape index (κ2) is 6.92. The number of sulfone groups is 1. The van der Waals surface area contributed by atoms with Crippen LogP contribution in [-0.4, -0.2) is 14.6 Å². The lowest BCUT2D eigenvalue weighted by molar-refractivity contribution is 0.364. The molecule has 0 aliphatic carbocycles. The van der Waals surface area contributed by atoms with E-state index < -0.39 is 36.3 Å². The van der Waals surface area contributed by atoms with Gasteiger partial charge in [-0.3, -0.25) is 4.99 Å². The van der Waals surface area contributed by atoms with Gasteiger partial charge in [-0.15, -0.1) is 0 Å². The van der Waals surface area contributed by atoms with Crippen molar-refractivity contribution in [3.8, 4) is 0 Å². The molecule has 160 valence electrons. The first-order chi connectivity index (χ1) is 13.7. The summed E-state index contributed by atoms with van der Waals surface area (Å²) in [6, 6.07) is 16.7. The van der Waals surface area contributed by atoms with E-state index in [1.54, 1.807) is 36.4 Å². The Hall–Kier alpha value is -2.72. The molecule has 0 N–H and O–H groups in total. The van der Waals surface area contributed by atoms with Crippen LogP contribution >= 0.6 is 10.2 Å². The van der Waals surface area contributed by atoms with Crippen LogP contribution in [0.2, 0.25) is 0 Å². The Morgan fingerprint density at radius 1 is 0.800 bits per heavy atom.